The van der Waals surface area contributed by atoms with Gasteiger partial charge in [-0.3, -0.25) is 0 Å². The Morgan fingerprint density at radius 3 is 2.72 bits per heavy atom. The van der Waals surface area contributed by atoms with Crippen LogP contribution in [0.1, 0.15) is 42.4 Å². The molecule has 0 spiro atoms. The van der Waals surface area contributed by atoms with E-state index in [2.05, 4.69) is 12.1 Å². The zero-order chi connectivity index (χ0) is 12.6. The fraction of sp³-hybridized carbons (Fsp3) is 0.600. The second-order valence-electron chi connectivity index (χ2n) is 5.46. The van der Waals surface area contributed by atoms with Gasteiger partial charge in [-0.25, -0.2) is 0 Å². The molecule has 0 radical (unpaired) electrons. The van der Waals surface area contributed by atoms with Crippen molar-refractivity contribution in [3.05, 3.63) is 28.8 Å². The van der Waals surface area contributed by atoms with Crippen LogP contribution in [0.15, 0.2) is 12.1 Å². The van der Waals surface area contributed by atoms with Crippen molar-refractivity contribution in [2.45, 2.75) is 44.3 Å². The molecule has 0 bridgehead atoms. The van der Waals surface area contributed by atoms with Crippen molar-refractivity contribution in [1.82, 2.24) is 0 Å². The molecule has 18 heavy (non-hydrogen) atoms. The second-order valence-corrected chi connectivity index (χ2v) is 5.46. The Labute approximate surface area is 108 Å². The minimum absolute atomic E-state index is 0.115. The van der Waals surface area contributed by atoms with Gasteiger partial charge in [0.2, 0.25) is 0 Å². The van der Waals surface area contributed by atoms with Crippen LogP contribution < -0.4 is 10.5 Å². The van der Waals surface area contributed by atoms with E-state index in [0.29, 0.717) is 13.2 Å². The number of fused-ring (bicyclic) bond motifs is 1. The van der Waals surface area contributed by atoms with Gasteiger partial charge in [0.25, 0.3) is 0 Å². The molecule has 1 aromatic carbocycles. The Balaban J connectivity index is 2.17. The van der Waals surface area contributed by atoms with Crippen LogP contribution in [-0.4, -0.2) is 13.7 Å². The molecule has 0 aromatic heterocycles. The van der Waals surface area contributed by atoms with E-state index in [1.54, 1.807) is 7.11 Å². The molecule has 0 amide bonds. The van der Waals surface area contributed by atoms with Gasteiger partial charge in [-0.2, -0.15) is 0 Å². The van der Waals surface area contributed by atoms with Crippen LogP contribution in [0.2, 0.25) is 0 Å². The fourth-order valence-corrected chi connectivity index (χ4v) is 3.59. The summed E-state index contributed by atoms with van der Waals surface area (Å²) in [6.07, 6.45) is 4.89. The zero-order valence-corrected chi connectivity index (χ0v) is 11.0. The molecule has 3 rings (SSSR count). The first kappa shape index (κ1) is 12.0. The van der Waals surface area contributed by atoms with Crippen LogP contribution in [0.3, 0.4) is 0 Å². The minimum atomic E-state index is 0.115. The Morgan fingerprint density at radius 1 is 1.28 bits per heavy atom. The molecule has 98 valence electrons. The second kappa shape index (κ2) is 4.56. The SMILES string of the molecule is COc1ccc2c(c1C1(CN)CCCC1)COC2. The van der Waals surface area contributed by atoms with E-state index in [-0.39, 0.29) is 5.41 Å². The molecule has 0 unspecified atom stereocenters. The van der Waals surface area contributed by atoms with Crippen molar-refractivity contribution in [3.63, 3.8) is 0 Å². The fourth-order valence-electron chi connectivity index (χ4n) is 3.59. The van der Waals surface area contributed by atoms with E-state index in [4.69, 9.17) is 15.2 Å². The lowest BCUT2D eigenvalue weighted by atomic mass is 9.75. The van der Waals surface area contributed by atoms with Crippen LogP contribution in [0.5, 0.6) is 5.75 Å². The molecule has 3 heteroatoms. The molecular weight excluding hydrogens is 226 g/mol. The van der Waals surface area contributed by atoms with E-state index in [1.165, 1.54) is 42.4 Å². The van der Waals surface area contributed by atoms with Gasteiger partial charge in [-0.05, 0) is 30.0 Å². The van der Waals surface area contributed by atoms with Gasteiger partial charge in [0.1, 0.15) is 5.75 Å². The first-order chi connectivity index (χ1) is 8.80. The predicted octanol–water partition coefficient (Wildman–Crippen LogP) is 2.50. The average Bonchev–Trinajstić information content (AvgIpc) is 3.06. The standard InChI is InChI=1S/C15H21NO2/c1-17-13-5-4-11-8-18-9-12(11)14(13)15(10-16)6-2-3-7-15/h4-5H,2-3,6-10,16H2,1H3. The highest BCUT2D eigenvalue weighted by atomic mass is 16.5. The topological polar surface area (TPSA) is 44.5 Å². The Kier molecular flexibility index (Phi) is 3.04. The Hall–Kier alpha value is -1.06. The lowest BCUT2D eigenvalue weighted by molar-refractivity contribution is 0.133. The van der Waals surface area contributed by atoms with Gasteiger partial charge in [-0.15, -0.1) is 0 Å². The van der Waals surface area contributed by atoms with Crippen LogP contribution in [0.25, 0.3) is 0 Å². The molecule has 1 heterocycles. The van der Waals surface area contributed by atoms with E-state index >= 15 is 0 Å². The van der Waals surface area contributed by atoms with Gasteiger partial charge in [-0.1, -0.05) is 18.9 Å². The quantitative estimate of drug-likeness (QED) is 0.892. The smallest absolute Gasteiger partial charge is 0.123 e. The predicted molar refractivity (Wildman–Crippen MR) is 70.7 cm³/mol. The first-order valence-electron chi connectivity index (χ1n) is 6.78. The molecule has 1 fully saturated rings. The van der Waals surface area contributed by atoms with Crippen LogP contribution >= 0.6 is 0 Å². The summed E-state index contributed by atoms with van der Waals surface area (Å²) in [5.74, 6) is 0.992. The van der Waals surface area contributed by atoms with Gasteiger partial charge < -0.3 is 15.2 Å². The van der Waals surface area contributed by atoms with Crippen molar-refractivity contribution in [1.29, 1.82) is 0 Å². The number of methoxy groups -OCH3 is 1. The highest BCUT2D eigenvalue weighted by molar-refractivity contribution is 5.51. The van der Waals surface area contributed by atoms with Gasteiger partial charge in [0, 0.05) is 17.5 Å². The Bertz CT molecular complexity index is 450. The maximum Gasteiger partial charge on any atom is 0.123 e. The Morgan fingerprint density at radius 2 is 2.06 bits per heavy atom. The molecule has 1 aliphatic heterocycles. The molecule has 2 aliphatic rings. The third-order valence-corrected chi connectivity index (χ3v) is 4.58. The number of benzene rings is 1. The number of rotatable bonds is 3. The first-order valence-corrected chi connectivity index (χ1v) is 6.78. The van der Waals surface area contributed by atoms with Crippen molar-refractivity contribution >= 4 is 0 Å². The summed E-state index contributed by atoms with van der Waals surface area (Å²) in [4.78, 5) is 0. The molecule has 1 saturated carbocycles. The summed E-state index contributed by atoms with van der Waals surface area (Å²) < 4.78 is 11.2. The van der Waals surface area contributed by atoms with Crippen LogP contribution in [-0.2, 0) is 23.4 Å². The van der Waals surface area contributed by atoms with Crippen molar-refractivity contribution in [2.24, 2.45) is 5.73 Å². The van der Waals surface area contributed by atoms with Gasteiger partial charge >= 0.3 is 0 Å². The minimum Gasteiger partial charge on any atom is -0.496 e. The van der Waals surface area contributed by atoms with Crippen LogP contribution in [0, 0.1) is 0 Å². The number of hydrogen-bond donors (Lipinski definition) is 1. The molecule has 0 saturated heterocycles. The van der Waals surface area contributed by atoms with E-state index in [9.17, 15) is 0 Å². The summed E-state index contributed by atoms with van der Waals surface area (Å²) >= 11 is 0. The normalized spacial score (nSPS) is 21.0. The van der Waals surface area contributed by atoms with Gasteiger partial charge in [0.15, 0.2) is 0 Å². The number of hydrogen-bond acceptors (Lipinski definition) is 3. The van der Waals surface area contributed by atoms with Crippen LogP contribution in [0.4, 0.5) is 0 Å². The summed E-state index contributed by atoms with van der Waals surface area (Å²) in [7, 11) is 1.75. The molecule has 0 atom stereocenters. The molecule has 3 nitrogen and oxygen atoms in total. The van der Waals surface area contributed by atoms with Crippen molar-refractivity contribution in [3.8, 4) is 5.75 Å². The maximum absolute atomic E-state index is 6.12. The molecule has 1 aliphatic carbocycles. The maximum atomic E-state index is 6.12. The highest BCUT2D eigenvalue weighted by Crippen LogP contribution is 2.47. The van der Waals surface area contributed by atoms with Crippen molar-refractivity contribution in [2.75, 3.05) is 13.7 Å². The van der Waals surface area contributed by atoms with E-state index in [0.717, 1.165) is 12.4 Å². The third-order valence-electron chi connectivity index (χ3n) is 4.58. The largest absolute Gasteiger partial charge is 0.496 e. The zero-order valence-electron chi connectivity index (χ0n) is 11.0. The molecule has 1 aromatic rings. The molecule has 2 N–H and O–H groups in total. The van der Waals surface area contributed by atoms with Gasteiger partial charge in [0.05, 0.1) is 20.3 Å². The average molecular weight is 247 g/mol. The number of nitrogens with two attached hydrogens (primary N) is 1. The van der Waals surface area contributed by atoms with E-state index < -0.39 is 0 Å². The van der Waals surface area contributed by atoms with E-state index in [1.807, 2.05) is 0 Å². The summed E-state index contributed by atoms with van der Waals surface area (Å²) in [5, 5.41) is 0. The monoisotopic (exact) mass is 247 g/mol. The highest BCUT2D eigenvalue weighted by Gasteiger charge is 2.39. The summed E-state index contributed by atoms with van der Waals surface area (Å²) in [6.45, 7) is 2.15. The van der Waals surface area contributed by atoms with Crippen molar-refractivity contribution < 1.29 is 9.47 Å². The lowest BCUT2D eigenvalue weighted by Crippen LogP contribution is -2.33. The molecular formula is C15H21NO2. The third kappa shape index (κ3) is 1.65. The number of ether oxygens (including phenoxy) is 2. The summed E-state index contributed by atoms with van der Waals surface area (Å²) in [5.41, 5.74) is 10.2. The summed E-state index contributed by atoms with van der Waals surface area (Å²) in [6, 6.07) is 4.21. The lowest BCUT2D eigenvalue weighted by Gasteiger charge is -2.31.